The fraction of sp³-hybridized carbons (Fsp3) is 1.00. The molecule has 0 aromatic heterocycles. The highest BCUT2D eigenvalue weighted by Gasteiger charge is 2.28. The molecule has 0 amide bonds. The van der Waals surface area contributed by atoms with Gasteiger partial charge < -0.3 is 10.6 Å². The van der Waals surface area contributed by atoms with Crippen LogP contribution in [0.15, 0.2) is 0 Å². The molecule has 36 heavy (non-hydrogen) atoms. The predicted molar refractivity (Wildman–Crippen MR) is 154 cm³/mol. The summed E-state index contributed by atoms with van der Waals surface area (Å²) in [7, 11) is 0. The zero-order valence-corrected chi connectivity index (χ0v) is 24.1. The van der Waals surface area contributed by atoms with Crippen LogP contribution in [0.1, 0.15) is 90.9 Å². The second-order valence-electron chi connectivity index (χ2n) is 12.2. The summed E-state index contributed by atoms with van der Waals surface area (Å²) in [4.78, 5) is 11.0. The van der Waals surface area contributed by atoms with Gasteiger partial charge in [-0.15, -0.1) is 0 Å². The Labute approximate surface area is 223 Å². The van der Waals surface area contributed by atoms with Gasteiger partial charge in [0.25, 0.3) is 0 Å². The van der Waals surface area contributed by atoms with Crippen molar-refractivity contribution in [2.24, 2.45) is 0 Å². The van der Waals surface area contributed by atoms with Crippen molar-refractivity contribution in [1.82, 2.24) is 30.2 Å². The van der Waals surface area contributed by atoms with Gasteiger partial charge in [-0.2, -0.15) is 0 Å². The molecule has 0 spiro atoms. The first-order valence-electron chi connectivity index (χ1n) is 16.2. The molecular formula is C30H60N6. The topological polar surface area (TPSA) is 37.0 Å². The molecule has 0 unspecified atom stereocenters. The first kappa shape index (κ1) is 28.8. The van der Waals surface area contributed by atoms with Crippen molar-refractivity contribution in [3.8, 4) is 0 Å². The molecule has 210 valence electrons. The smallest absolute Gasteiger partial charge is 0.0113 e. The Morgan fingerprint density at radius 2 is 0.694 bits per heavy atom. The minimum absolute atomic E-state index is 0.841. The molecule has 0 bridgehead atoms. The van der Waals surface area contributed by atoms with Crippen LogP contribution in [0, 0.1) is 0 Å². The number of hydrogen-bond acceptors (Lipinski definition) is 6. The summed E-state index contributed by atoms with van der Waals surface area (Å²) in [6.07, 6.45) is 17.1. The van der Waals surface area contributed by atoms with Gasteiger partial charge in [0.15, 0.2) is 0 Å². The van der Waals surface area contributed by atoms with E-state index in [-0.39, 0.29) is 0 Å². The van der Waals surface area contributed by atoms with E-state index in [9.17, 15) is 0 Å². The zero-order valence-electron chi connectivity index (χ0n) is 24.1. The third-order valence-electron chi connectivity index (χ3n) is 10.2. The molecule has 4 fully saturated rings. The first-order valence-corrected chi connectivity index (χ1v) is 16.2. The number of rotatable bonds is 21. The van der Waals surface area contributed by atoms with Gasteiger partial charge in [-0.1, -0.05) is 39.5 Å². The Morgan fingerprint density at radius 3 is 1.03 bits per heavy atom. The number of nitrogens with zero attached hydrogens (tertiary/aromatic N) is 4. The highest BCUT2D eigenvalue weighted by atomic mass is 15.2. The van der Waals surface area contributed by atoms with Gasteiger partial charge in [-0.25, -0.2) is 0 Å². The standard InChI is InChI=1S/C30H60N6/c1-3-33(27-9-5-10-27)21-17-31-18-22-35(29-13-7-14-29)23-19-32-20-24-36(30-15-8-16-30)26-25-34(4-2)28-11-6-12-28/h27-32H,3-26H2,1-2H3. The molecule has 0 aromatic rings. The molecule has 0 aliphatic heterocycles. The Bertz CT molecular complexity index is 572. The van der Waals surface area contributed by atoms with Crippen molar-refractivity contribution >= 4 is 0 Å². The van der Waals surface area contributed by atoms with E-state index in [4.69, 9.17) is 0 Å². The van der Waals surface area contributed by atoms with Crippen LogP contribution in [0.4, 0.5) is 0 Å². The van der Waals surface area contributed by atoms with Crippen LogP contribution in [0.2, 0.25) is 0 Å². The SMILES string of the molecule is CCN(CCNCCN(CCNCCN(CCN(CC)C1CCC1)C1CCC1)C1CCC1)C1CCC1. The summed E-state index contributed by atoms with van der Waals surface area (Å²) in [5, 5.41) is 7.58. The minimum atomic E-state index is 0.841. The van der Waals surface area contributed by atoms with Crippen molar-refractivity contribution in [3.05, 3.63) is 0 Å². The van der Waals surface area contributed by atoms with Crippen molar-refractivity contribution < 1.29 is 0 Å². The first-order chi connectivity index (χ1) is 17.8. The average molecular weight is 505 g/mol. The van der Waals surface area contributed by atoms with Gasteiger partial charge in [0, 0.05) is 89.6 Å². The lowest BCUT2D eigenvalue weighted by atomic mass is 9.90. The molecule has 4 aliphatic carbocycles. The minimum Gasteiger partial charge on any atom is -0.314 e. The lowest BCUT2D eigenvalue weighted by Crippen LogP contribution is -2.50. The third-order valence-corrected chi connectivity index (χ3v) is 10.2. The Kier molecular flexibility index (Phi) is 12.8. The summed E-state index contributed by atoms with van der Waals surface area (Å²) in [6.45, 7) is 19.1. The summed E-state index contributed by atoms with van der Waals surface area (Å²) >= 11 is 0. The zero-order chi connectivity index (χ0) is 25.0. The van der Waals surface area contributed by atoms with E-state index in [1.807, 2.05) is 0 Å². The molecular weight excluding hydrogens is 444 g/mol. The lowest BCUT2D eigenvalue weighted by molar-refractivity contribution is 0.0794. The fourth-order valence-electron chi connectivity index (χ4n) is 6.56. The van der Waals surface area contributed by atoms with Crippen LogP contribution in [0.5, 0.6) is 0 Å². The predicted octanol–water partition coefficient (Wildman–Crippen LogP) is 3.62. The third kappa shape index (κ3) is 8.64. The molecule has 0 saturated heterocycles. The maximum Gasteiger partial charge on any atom is 0.0113 e. The van der Waals surface area contributed by atoms with Gasteiger partial charge in [-0.05, 0) is 64.5 Å². The summed E-state index contributed by atoms with van der Waals surface area (Å²) in [5.74, 6) is 0. The summed E-state index contributed by atoms with van der Waals surface area (Å²) in [6, 6.07) is 3.46. The molecule has 0 aromatic carbocycles. The fourth-order valence-corrected chi connectivity index (χ4v) is 6.56. The Hall–Kier alpha value is -0.240. The van der Waals surface area contributed by atoms with Gasteiger partial charge in [0.05, 0.1) is 0 Å². The average Bonchev–Trinajstić information content (AvgIpc) is 2.74. The van der Waals surface area contributed by atoms with Gasteiger partial charge in [0.2, 0.25) is 0 Å². The van der Waals surface area contributed by atoms with E-state index in [2.05, 4.69) is 44.1 Å². The monoisotopic (exact) mass is 504 g/mol. The van der Waals surface area contributed by atoms with E-state index in [0.29, 0.717) is 0 Å². The van der Waals surface area contributed by atoms with Crippen LogP contribution in [-0.4, -0.2) is 122 Å². The van der Waals surface area contributed by atoms with Crippen LogP contribution in [0.3, 0.4) is 0 Å². The van der Waals surface area contributed by atoms with E-state index < -0.39 is 0 Å². The van der Waals surface area contributed by atoms with Crippen molar-refractivity contribution in [3.63, 3.8) is 0 Å². The van der Waals surface area contributed by atoms with E-state index in [1.54, 1.807) is 0 Å². The summed E-state index contributed by atoms with van der Waals surface area (Å²) < 4.78 is 0. The number of likely N-dealkylation sites (N-methyl/N-ethyl adjacent to an activating group) is 2. The molecule has 4 aliphatic rings. The quantitative estimate of drug-likeness (QED) is 0.233. The van der Waals surface area contributed by atoms with Crippen molar-refractivity contribution in [2.45, 2.75) is 115 Å². The largest absolute Gasteiger partial charge is 0.314 e. The highest BCUT2D eigenvalue weighted by Crippen LogP contribution is 2.27. The maximum atomic E-state index is 3.82. The van der Waals surface area contributed by atoms with Crippen LogP contribution in [0.25, 0.3) is 0 Å². The Morgan fingerprint density at radius 1 is 0.417 bits per heavy atom. The molecule has 4 saturated carbocycles. The van der Waals surface area contributed by atoms with Crippen LogP contribution >= 0.6 is 0 Å². The second kappa shape index (κ2) is 16.0. The number of nitrogens with one attached hydrogen (secondary N) is 2. The lowest BCUT2D eigenvalue weighted by Gasteiger charge is -2.41. The van der Waals surface area contributed by atoms with Gasteiger partial charge >= 0.3 is 0 Å². The Balaban J connectivity index is 1.08. The maximum absolute atomic E-state index is 3.82. The summed E-state index contributed by atoms with van der Waals surface area (Å²) in [5.41, 5.74) is 0. The van der Waals surface area contributed by atoms with Gasteiger partial charge in [-0.3, -0.25) is 19.6 Å². The molecule has 0 radical (unpaired) electrons. The van der Waals surface area contributed by atoms with E-state index in [0.717, 1.165) is 50.3 Å². The molecule has 4 rings (SSSR count). The molecule has 2 N–H and O–H groups in total. The van der Waals surface area contributed by atoms with Crippen LogP contribution < -0.4 is 10.6 Å². The molecule has 6 heteroatoms. The highest BCUT2D eigenvalue weighted by molar-refractivity contribution is 4.85. The van der Waals surface area contributed by atoms with Crippen LogP contribution in [-0.2, 0) is 0 Å². The molecule has 0 heterocycles. The number of hydrogen-bond donors (Lipinski definition) is 2. The van der Waals surface area contributed by atoms with E-state index >= 15 is 0 Å². The second-order valence-corrected chi connectivity index (χ2v) is 12.2. The van der Waals surface area contributed by atoms with Crippen molar-refractivity contribution in [1.29, 1.82) is 0 Å². The normalized spacial score (nSPS) is 21.8. The van der Waals surface area contributed by atoms with Crippen molar-refractivity contribution in [2.75, 3.05) is 78.5 Å². The molecule has 6 nitrogen and oxygen atoms in total. The van der Waals surface area contributed by atoms with Gasteiger partial charge in [0.1, 0.15) is 0 Å². The molecule has 0 atom stereocenters. The van der Waals surface area contributed by atoms with E-state index in [1.165, 1.54) is 129 Å².